The molecular weight excluding hydrogens is 236 g/mol. The van der Waals surface area contributed by atoms with E-state index in [0.717, 1.165) is 12.8 Å². The van der Waals surface area contributed by atoms with Crippen molar-refractivity contribution in [1.29, 1.82) is 0 Å². The molecule has 0 saturated carbocycles. The third kappa shape index (κ3) is 1.51. The fraction of sp³-hybridized carbons (Fsp3) is 0.455. The molecular formula is C11H12N4O3. The van der Waals surface area contributed by atoms with Gasteiger partial charge in [-0.3, -0.25) is 0 Å². The quantitative estimate of drug-likeness (QED) is 0.450. The molecule has 0 fully saturated rings. The molecule has 18 heavy (non-hydrogen) atoms. The van der Waals surface area contributed by atoms with Crippen LogP contribution in [-0.2, 0) is 11.9 Å². The predicted molar refractivity (Wildman–Crippen MR) is 63.1 cm³/mol. The van der Waals surface area contributed by atoms with Crippen molar-refractivity contribution in [2.75, 3.05) is 0 Å². The summed E-state index contributed by atoms with van der Waals surface area (Å²) in [6.07, 6.45) is 7.16. The lowest BCUT2D eigenvalue weighted by atomic mass is 9.88. The van der Waals surface area contributed by atoms with Crippen molar-refractivity contribution >= 4 is 11.5 Å². The molecule has 7 heteroatoms. The molecule has 0 radical (unpaired) electrons. The maximum absolute atomic E-state index is 10.8. The van der Waals surface area contributed by atoms with Gasteiger partial charge >= 0.3 is 5.82 Å². The number of imidazole rings is 1. The maximum atomic E-state index is 10.8. The normalized spacial score (nSPS) is 25.5. The molecule has 1 aromatic rings. The fourth-order valence-corrected chi connectivity index (χ4v) is 2.41. The molecule has 0 aromatic carbocycles. The van der Waals surface area contributed by atoms with Gasteiger partial charge < -0.3 is 15.0 Å². The average molecular weight is 248 g/mol. The van der Waals surface area contributed by atoms with E-state index in [1.54, 1.807) is 7.05 Å². The summed E-state index contributed by atoms with van der Waals surface area (Å²) in [5.41, 5.74) is 0.708. The highest BCUT2D eigenvalue weighted by atomic mass is 16.6. The van der Waals surface area contributed by atoms with Crippen LogP contribution in [0.15, 0.2) is 23.5 Å². The van der Waals surface area contributed by atoms with Crippen LogP contribution >= 0.6 is 0 Å². The molecule has 0 N–H and O–H groups in total. The minimum atomic E-state index is -0.453. The number of nitrogens with zero attached hydrogens (tertiary/aromatic N) is 4. The molecule has 1 aromatic heterocycles. The summed E-state index contributed by atoms with van der Waals surface area (Å²) in [6.45, 7) is 0. The van der Waals surface area contributed by atoms with Gasteiger partial charge in [-0.05, 0) is 23.8 Å². The summed E-state index contributed by atoms with van der Waals surface area (Å²) >= 11 is 0. The SMILES string of the molecule is Cn1c([N+](=O)[O-])cnc1C1=NOC2C=CCCC12. The zero-order valence-corrected chi connectivity index (χ0v) is 9.81. The smallest absolute Gasteiger partial charge is 0.342 e. The lowest BCUT2D eigenvalue weighted by molar-refractivity contribution is -0.391. The van der Waals surface area contributed by atoms with Gasteiger partial charge in [0.15, 0.2) is 11.8 Å². The molecule has 0 amide bonds. The Morgan fingerprint density at radius 3 is 3.17 bits per heavy atom. The third-order valence-electron chi connectivity index (χ3n) is 3.37. The summed E-state index contributed by atoms with van der Waals surface area (Å²) in [5.74, 6) is 0.628. The molecule has 2 aliphatic rings. The minimum Gasteiger partial charge on any atom is -0.387 e. The number of fused-ring (bicyclic) bond motifs is 1. The number of hydrogen-bond acceptors (Lipinski definition) is 5. The largest absolute Gasteiger partial charge is 0.387 e. The summed E-state index contributed by atoms with van der Waals surface area (Å²) < 4.78 is 1.45. The van der Waals surface area contributed by atoms with E-state index in [2.05, 4.69) is 16.2 Å². The van der Waals surface area contributed by atoms with Crippen molar-refractivity contribution in [2.24, 2.45) is 18.1 Å². The average Bonchev–Trinajstić information content (AvgIpc) is 2.92. The number of nitro groups is 1. The fourth-order valence-electron chi connectivity index (χ4n) is 2.41. The van der Waals surface area contributed by atoms with Crippen LogP contribution in [0.3, 0.4) is 0 Å². The lowest BCUT2D eigenvalue weighted by Gasteiger charge is -2.17. The van der Waals surface area contributed by atoms with Crippen LogP contribution < -0.4 is 0 Å². The van der Waals surface area contributed by atoms with Crippen LogP contribution in [-0.4, -0.2) is 26.3 Å². The molecule has 7 nitrogen and oxygen atoms in total. The van der Waals surface area contributed by atoms with Crippen LogP contribution in [0.4, 0.5) is 5.82 Å². The Bertz CT molecular complexity index is 561. The van der Waals surface area contributed by atoms with Crippen LogP contribution in [0.2, 0.25) is 0 Å². The molecule has 0 bridgehead atoms. The second-order valence-corrected chi connectivity index (χ2v) is 4.41. The molecule has 0 spiro atoms. The van der Waals surface area contributed by atoms with Crippen molar-refractivity contribution in [3.63, 3.8) is 0 Å². The Balaban J connectivity index is 1.97. The van der Waals surface area contributed by atoms with Gasteiger partial charge in [0.1, 0.15) is 6.20 Å². The van der Waals surface area contributed by atoms with E-state index in [0.29, 0.717) is 11.5 Å². The molecule has 2 atom stereocenters. The first-order valence-electron chi connectivity index (χ1n) is 5.75. The van der Waals surface area contributed by atoms with Crippen LogP contribution in [0.1, 0.15) is 18.7 Å². The van der Waals surface area contributed by atoms with Crippen LogP contribution in [0, 0.1) is 16.0 Å². The highest BCUT2D eigenvalue weighted by Gasteiger charge is 2.38. The van der Waals surface area contributed by atoms with Gasteiger partial charge in [0.25, 0.3) is 0 Å². The van der Waals surface area contributed by atoms with Crippen molar-refractivity contribution in [3.05, 3.63) is 34.3 Å². The van der Waals surface area contributed by atoms with E-state index in [1.165, 1.54) is 10.8 Å². The zero-order valence-electron chi connectivity index (χ0n) is 9.81. The first-order valence-corrected chi connectivity index (χ1v) is 5.75. The molecule has 3 rings (SSSR count). The van der Waals surface area contributed by atoms with Crippen molar-refractivity contribution in [1.82, 2.24) is 9.55 Å². The van der Waals surface area contributed by atoms with Gasteiger partial charge in [-0.1, -0.05) is 11.2 Å². The third-order valence-corrected chi connectivity index (χ3v) is 3.37. The van der Waals surface area contributed by atoms with E-state index in [1.807, 2.05) is 6.08 Å². The molecule has 2 unspecified atom stereocenters. The Morgan fingerprint density at radius 2 is 2.44 bits per heavy atom. The topological polar surface area (TPSA) is 82.5 Å². The highest BCUT2D eigenvalue weighted by Crippen LogP contribution is 2.31. The Hall–Kier alpha value is -2.18. The summed E-state index contributed by atoms with van der Waals surface area (Å²) in [4.78, 5) is 19.8. The lowest BCUT2D eigenvalue weighted by Crippen LogP contribution is -2.26. The van der Waals surface area contributed by atoms with E-state index in [4.69, 9.17) is 4.84 Å². The summed E-state index contributed by atoms with van der Waals surface area (Å²) in [7, 11) is 1.62. The monoisotopic (exact) mass is 248 g/mol. The van der Waals surface area contributed by atoms with Crippen molar-refractivity contribution < 1.29 is 9.76 Å². The zero-order chi connectivity index (χ0) is 12.7. The van der Waals surface area contributed by atoms with E-state index >= 15 is 0 Å². The predicted octanol–water partition coefficient (Wildman–Crippen LogP) is 1.40. The van der Waals surface area contributed by atoms with Gasteiger partial charge in [0.05, 0.1) is 13.0 Å². The molecule has 94 valence electrons. The van der Waals surface area contributed by atoms with E-state index in [-0.39, 0.29) is 17.8 Å². The number of aromatic nitrogens is 2. The highest BCUT2D eigenvalue weighted by molar-refractivity contribution is 6.00. The number of allylic oxidation sites excluding steroid dienone is 1. The number of hydrogen-bond donors (Lipinski definition) is 0. The molecule has 2 heterocycles. The van der Waals surface area contributed by atoms with Gasteiger partial charge in [-0.15, -0.1) is 0 Å². The standard InChI is InChI=1S/C11H12N4O3/c1-14-9(15(16)17)6-12-11(14)10-7-4-2-3-5-8(7)18-13-10/h3,5-8H,2,4H2,1H3. The van der Waals surface area contributed by atoms with Gasteiger partial charge in [-0.2, -0.15) is 0 Å². The van der Waals surface area contributed by atoms with Gasteiger partial charge in [0, 0.05) is 0 Å². The van der Waals surface area contributed by atoms with Crippen LogP contribution in [0.25, 0.3) is 0 Å². The Morgan fingerprint density at radius 1 is 1.61 bits per heavy atom. The second kappa shape index (κ2) is 3.94. The van der Waals surface area contributed by atoms with Crippen molar-refractivity contribution in [2.45, 2.75) is 18.9 Å². The first-order chi connectivity index (χ1) is 8.68. The minimum absolute atomic E-state index is 0.0394. The maximum Gasteiger partial charge on any atom is 0.342 e. The second-order valence-electron chi connectivity index (χ2n) is 4.41. The van der Waals surface area contributed by atoms with Crippen molar-refractivity contribution in [3.8, 4) is 0 Å². The van der Waals surface area contributed by atoms with E-state index in [9.17, 15) is 10.1 Å². The summed E-state index contributed by atoms with van der Waals surface area (Å²) in [6, 6.07) is 0. The molecule has 0 saturated heterocycles. The van der Waals surface area contributed by atoms with Crippen LogP contribution in [0.5, 0.6) is 0 Å². The number of oxime groups is 1. The van der Waals surface area contributed by atoms with E-state index < -0.39 is 4.92 Å². The van der Waals surface area contributed by atoms with Gasteiger partial charge in [-0.25, -0.2) is 9.55 Å². The Labute approximate surface area is 103 Å². The molecule has 1 aliphatic heterocycles. The molecule has 1 aliphatic carbocycles. The number of rotatable bonds is 2. The Kier molecular flexibility index (Phi) is 2.39. The summed E-state index contributed by atoms with van der Waals surface area (Å²) in [5, 5.41) is 14.8. The first kappa shape index (κ1) is 10.9. The van der Waals surface area contributed by atoms with Gasteiger partial charge in [0.2, 0.25) is 5.82 Å².